The molecule has 1 radical (unpaired) electrons. The molecule has 2 aromatic rings. The summed E-state index contributed by atoms with van der Waals surface area (Å²) in [5, 5.41) is 1.98. The first-order valence-corrected chi connectivity index (χ1v) is 4.89. The molecule has 2 rings (SSSR count). The van der Waals surface area contributed by atoms with E-state index in [-0.39, 0.29) is 0 Å². The van der Waals surface area contributed by atoms with Crippen molar-refractivity contribution in [3.8, 4) is 11.3 Å². The highest BCUT2D eigenvalue weighted by atomic mass is 32.1. The minimum Gasteiger partial charge on any atom is -0.326 e. The van der Waals surface area contributed by atoms with Gasteiger partial charge >= 0.3 is 0 Å². The second-order valence-corrected chi connectivity index (χ2v) is 3.38. The molecule has 3 heteroatoms. The molecule has 0 aliphatic carbocycles. The number of hydrogen-bond donors (Lipinski definition) is 1. The van der Waals surface area contributed by atoms with Crippen LogP contribution in [-0.4, -0.2) is 4.98 Å². The lowest BCUT2D eigenvalue weighted by Gasteiger charge is -1.99. The average molecular weight is 189 g/mol. The van der Waals surface area contributed by atoms with Crippen LogP contribution in [0.15, 0.2) is 29.6 Å². The minimum absolute atomic E-state index is 0.571. The minimum atomic E-state index is 0.571. The van der Waals surface area contributed by atoms with E-state index in [9.17, 15) is 0 Å². The van der Waals surface area contributed by atoms with E-state index in [1.165, 1.54) is 11.3 Å². The molecule has 65 valence electrons. The summed E-state index contributed by atoms with van der Waals surface area (Å²) in [4.78, 5) is 4.11. The van der Waals surface area contributed by atoms with Crippen LogP contribution in [0.25, 0.3) is 11.3 Å². The van der Waals surface area contributed by atoms with Gasteiger partial charge in [-0.1, -0.05) is 18.2 Å². The van der Waals surface area contributed by atoms with Gasteiger partial charge in [-0.25, -0.2) is 4.98 Å². The molecule has 0 amide bonds. The van der Waals surface area contributed by atoms with Crippen molar-refractivity contribution >= 4 is 11.3 Å². The Kier molecular flexibility index (Phi) is 2.38. The molecule has 0 unspecified atom stereocenters. The van der Waals surface area contributed by atoms with Gasteiger partial charge in [-0.15, -0.1) is 11.3 Å². The molecule has 13 heavy (non-hydrogen) atoms. The molecule has 0 saturated carbocycles. The van der Waals surface area contributed by atoms with Gasteiger partial charge in [-0.2, -0.15) is 0 Å². The van der Waals surface area contributed by atoms with Crippen molar-refractivity contribution in [3.05, 3.63) is 40.7 Å². The van der Waals surface area contributed by atoms with Crippen LogP contribution in [0.2, 0.25) is 0 Å². The van der Waals surface area contributed by atoms with Crippen LogP contribution in [0.5, 0.6) is 0 Å². The van der Waals surface area contributed by atoms with Crippen molar-refractivity contribution in [2.75, 3.05) is 0 Å². The van der Waals surface area contributed by atoms with E-state index in [0.29, 0.717) is 6.54 Å². The highest BCUT2D eigenvalue weighted by Gasteiger charge is 1.99. The highest BCUT2D eigenvalue weighted by Crippen LogP contribution is 2.19. The predicted octanol–water partition coefficient (Wildman–Crippen LogP) is 2.07. The lowest BCUT2D eigenvalue weighted by molar-refractivity contribution is 1.07. The third kappa shape index (κ3) is 1.76. The van der Waals surface area contributed by atoms with Crippen molar-refractivity contribution in [1.29, 1.82) is 0 Å². The molecule has 0 spiro atoms. The molecular weight excluding hydrogens is 180 g/mol. The molecule has 0 bridgehead atoms. The average Bonchev–Trinajstić information content (AvgIpc) is 2.71. The third-order valence-electron chi connectivity index (χ3n) is 1.85. The van der Waals surface area contributed by atoms with Gasteiger partial charge in [0.15, 0.2) is 5.51 Å². The molecule has 0 saturated heterocycles. The van der Waals surface area contributed by atoms with Gasteiger partial charge in [0.1, 0.15) is 0 Å². The van der Waals surface area contributed by atoms with Crippen LogP contribution >= 0.6 is 11.3 Å². The number of nitrogens with zero attached hydrogens (tertiary/aromatic N) is 1. The van der Waals surface area contributed by atoms with Gasteiger partial charge in [0, 0.05) is 17.5 Å². The maximum absolute atomic E-state index is 5.55. The van der Waals surface area contributed by atoms with Gasteiger partial charge in [0.25, 0.3) is 0 Å². The fourth-order valence-electron chi connectivity index (χ4n) is 1.17. The molecule has 0 aliphatic rings. The van der Waals surface area contributed by atoms with Crippen LogP contribution in [0.3, 0.4) is 0 Å². The molecule has 2 nitrogen and oxygen atoms in total. The quantitative estimate of drug-likeness (QED) is 0.785. The SMILES string of the molecule is NCc1cccc(-c2cs[c]n2)c1. The second-order valence-electron chi connectivity index (χ2n) is 2.73. The summed E-state index contributed by atoms with van der Waals surface area (Å²) < 4.78 is 0. The molecule has 2 N–H and O–H groups in total. The number of nitrogens with two attached hydrogens (primary N) is 1. The third-order valence-corrected chi connectivity index (χ3v) is 2.39. The zero-order valence-electron chi connectivity index (χ0n) is 7.03. The van der Waals surface area contributed by atoms with E-state index in [4.69, 9.17) is 5.73 Å². The number of thiazole rings is 1. The Morgan fingerprint density at radius 2 is 2.38 bits per heavy atom. The normalized spacial score (nSPS) is 10.2. The van der Waals surface area contributed by atoms with Crippen LogP contribution in [0.4, 0.5) is 0 Å². The molecule has 0 atom stereocenters. The first-order valence-electron chi connectivity index (χ1n) is 4.01. The van der Waals surface area contributed by atoms with E-state index in [2.05, 4.69) is 16.6 Å². The van der Waals surface area contributed by atoms with Crippen molar-refractivity contribution < 1.29 is 0 Å². The Bertz CT molecular complexity index is 382. The Morgan fingerprint density at radius 3 is 3.08 bits per heavy atom. The standard InChI is InChI=1S/C10H9N2S/c11-5-8-2-1-3-9(4-8)10-6-13-7-12-10/h1-4,6H,5,11H2. The highest BCUT2D eigenvalue weighted by molar-refractivity contribution is 7.07. The molecule has 1 aromatic heterocycles. The van der Waals surface area contributed by atoms with Crippen molar-refractivity contribution in [2.45, 2.75) is 6.54 Å². The molecular formula is C10H9N2S. The zero-order chi connectivity index (χ0) is 9.10. The van der Waals surface area contributed by atoms with Crippen molar-refractivity contribution in [1.82, 2.24) is 4.98 Å². The molecule has 1 heterocycles. The first kappa shape index (κ1) is 8.41. The Balaban J connectivity index is 2.41. The van der Waals surface area contributed by atoms with E-state index >= 15 is 0 Å². The summed E-state index contributed by atoms with van der Waals surface area (Å²) >= 11 is 1.48. The van der Waals surface area contributed by atoms with Gasteiger partial charge in [-0.05, 0) is 11.6 Å². The maximum Gasteiger partial charge on any atom is 0.152 e. The monoisotopic (exact) mass is 189 g/mol. The number of aromatic nitrogens is 1. The topological polar surface area (TPSA) is 38.9 Å². The van der Waals surface area contributed by atoms with Crippen LogP contribution in [-0.2, 0) is 6.54 Å². The maximum atomic E-state index is 5.55. The van der Waals surface area contributed by atoms with E-state index < -0.39 is 0 Å². The van der Waals surface area contributed by atoms with E-state index in [1.807, 2.05) is 23.6 Å². The Labute approximate surface area is 81.1 Å². The largest absolute Gasteiger partial charge is 0.326 e. The van der Waals surface area contributed by atoms with Gasteiger partial charge in [0.05, 0.1) is 5.69 Å². The predicted molar refractivity (Wildman–Crippen MR) is 54.3 cm³/mol. The van der Waals surface area contributed by atoms with Gasteiger partial charge < -0.3 is 5.73 Å². The summed E-state index contributed by atoms with van der Waals surface area (Å²) in [6.45, 7) is 0.571. The number of rotatable bonds is 2. The Morgan fingerprint density at radius 1 is 1.46 bits per heavy atom. The molecule has 0 fully saturated rings. The van der Waals surface area contributed by atoms with Crippen LogP contribution in [0, 0.1) is 5.51 Å². The molecule has 1 aromatic carbocycles. The van der Waals surface area contributed by atoms with Crippen LogP contribution < -0.4 is 5.73 Å². The summed E-state index contributed by atoms with van der Waals surface area (Å²) in [5.41, 5.74) is 11.6. The fourth-order valence-corrected chi connectivity index (χ4v) is 1.68. The summed E-state index contributed by atoms with van der Waals surface area (Å²) in [6, 6.07) is 8.10. The van der Waals surface area contributed by atoms with E-state index in [0.717, 1.165) is 16.8 Å². The smallest absolute Gasteiger partial charge is 0.152 e. The number of hydrogen-bond acceptors (Lipinski definition) is 3. The van der Waals surface area contributed by atoms with E-state index in [1.54, 1.807) is 0 Å². The van der Waals surface area contributed by atoms with Crippen molar-refractivity contribution in [3.63, 3.8) is 0 Å². The van der Waals surface area contributed by atoms with Crippen LogP contribution in [0.1, 0.15) is 5.56 Å². The zero-order valence-corrected chi connectivity index (χ0v) is 7.84. The lowest BCUT2D eigenvalue weighted by Crippen LogP contribution is -1.95. The van der Waals surface area contributed by atoms with Gasteiger partial charge in [0.2, 0.25) is 0 Å². The Hall–Kier alpha value is -1.19. The van der Waals surface area contributed by atoms with Crippen molar-refractivity contribution in [2.24, 2.45) is 5.73 Å². The summed E-state index contributed by atoms with van der Waals surface area (Å²) in [5.74, 6) is 0. The summed E-state index contributed by atoms with van der Waals surface area (Å²) in [6.07, 6.45) is 0. The lowest BCUT2D eigenvalue weighted by atomic mass is 10.1. The summed E-state index contributed by atoms with van der Waals surface area (Å²) in [7, 11) is 0. The number of benzene rings is 1. The molecule has 0 aliphatic heterocycles. The fraction of sp³-hybridized carbons (Fsp3) is 0.100. The second kappa shape index (κ2) is 3.68. The van der Waals surface area contributed by atoms with Gasteiger partial charge in [-0.3, -0.25) is 0 Å². The first-order chi connectivity index (χ1) is 6.40.